The first kappa shape index (κ1) is 11.7. The van der Waals surface area contributed by atoms with Gasteiger partial charge in [-0.3, -0.25) is 4.90 Å². The van der Waals surface area contributed by atoms with Gasteiger partial charge in [-0.1, -0.05) is 30.3 Å². The third-order valence-electron chi connectivity index (χ3n) is 2.84. The maximum atomic E-state index is 11.4. The molecule has 1 aliphatic rings. The van der Waals surface area contributed by atoms with Crippen molar-refractivity contribution in [1.82, 2.24) is 4.90 Å². The van der Waals surface area contributed by atoms with Crippen LogP contribution < -0.4 is 5.73 Å². The highest BCUT2D eigenvalue weighted by molar-refractivity contribution is 5.90. The number of nitrogens with zero attached hydrogens (tertiary/aromatic N) is 1. The molecule has 0 radical (unpaired) electrons. The molecule has 17 heavy (non-hydrogen) atoms. The molecule has 2 rings (SSSR count). The van der Waals surface area contributed by atoms with Gasteiger partial charge in [-0.15, -0.1) is 0 Å². The van der Waals surface area contributed by atoms with Gasteiger partial charge >= 0.3 is 5.97 Å². The van der Waals surface area contributed by atoms with Crippen molar-refractivity contribution in [3.63, 3.8) is 0 Å². The van der Waals surface area contributed by atoms with Crippen LogP contribution in [-0.2, 0) is 16.1 Å². The second-order valence-electron chi connectivity index (χ2n) is 4.13. The average molecular weight is 232 g/mol. The van der Waals surface area contributed by atoms with Crippen LogP contribution in [0.4, 0.5) is 0 Å². The SMILES string of the molecule is COC(=O)C1=C(N)CN(Cc2ccccc2)C1. The molecule has 1 heterocycles. The molecule has 1 aromatic rings. The van der Waals surface area contributed by atoms with E-state index >= 15 is 0 Å². The summed E-state index contributed by atoms with van der Waals surface area (Å²) < 4.78 is 4.70. The molecule has 0 bridgehead atoms. The summed E-state index contributed by atoms with van der Waals surface area (Å²) >= 11 is 0. The highest BCUT2D eigenvalue weighted by atomic mass is 16.5. The van der Waals surface area contributed by atoms with Gasteiger partial charge in [0.05, 0.1) is 12.7 Å². The molecule has 0 saturated carbocycles. The Morgan fingerprint density at radius 3 is 2.71 bits per heavy atom. The molecule has 0 spiro atoms. The van der Waals surface area contributed by atoms with Crippen molar-refractivity contribution in [2.45, 2.75) is 6.54 Å². The number of carbonyl (C=O) groups is 1. The smallest absolute Gasteiger partial charge is 0.336 e. The molecule has 0 unspecified atom stereocenters. The Morgan fingerprint density at radius 2 is 2.06 bits per heavy atom. The number of hydrogen-bond donors (Lipinski definition) is 1. The molecule has 0 amide bonds. The fourth-order valence-electron chi connectivity index (χ4n) is 1.99. The molecule has 1 aromatic carbocycles. The summed E-state index contributed by atoms with van der Waals surface area (Å²) in [6.07, 6.45) is 0. The van der Waals surface area contributed by atoms with E-state index in [0.29, 0.717) is 24.4 Å². The molecule has 0 saturated heterocycles. The van der Waals surface area contributed by atoms with Gasteiger partial charge in [0.15, 0.2) is 0 Å². The second kappa shape index (κ2) is 5.01. The Hall–Kier alpha value is -1.81. The predicted octanol–water partition coefficient (Wildman–Crippen LogP) is 0.888. The highest BCUT2D eigenvalue weighted by Crippen LogP contribution is 2.17. The van der Waals surface area contributed by atoms with Gasteiger partial charge in [-0.25, -0.2) is 4.79 Å². The van der Waals surface area contributed by atoms with Crippen molar-refractivity contribution in [3.05, 3.63) is 47.2 Å². The zero-order valence-electron chi connectivity index (χ0n) is 9.85. The number of nitrogens with two attached hydrogens (primary N) is 1. The van der Waals surface area contributed by atoms with Crippen molar-refractivity contribution < 1.29 is 9.53 Å². The number of benzene rings is 1. The lowest BCUT2D eigenvalue weighted by Crippen LogP contribution is -2.22. The minimum atomic E-state index is -0.321. The summed E-state index contributed by atoms with van der Waals surface area (Å²) in [5.41, 5.74) is 8.26. The lowest BCUT2D eigenvalue weighted by atomic mass is 10.2. The molecule has 90 valence electrons. The van der Waals surface area contributed by atoms with Crippen LogP contribution in [0.5, 0.6) is 0 Å². The minimum Gasteiger partial charge on any atom is -0.466 e. The van der Waals surface area contributed by atoms with Gasteiger partial charge < -0.3 is 10.5 Å². The standard InChI is InChI=1S/C13H16N2O2/c1-17-13(16)11-8-15(9-12(11)14)7-10-5-3-2-4-6-10/h2-6H,7-9,14H2,1H3. The normalized spacial score (nSPS) is 16.3. The summed E-state index contributed by atoms with van der Waals surface area (Å²) in [5.74, 6) is -0.321. The third-order valence-corrected chi connectivity index (χ3v) is 2.84. The molecular weight excluding hydrogens is 216 g/mol. The Kier molecular flexibility index (Phi) is 3.44. The van der Waals surface area contributed by atoms with E-state index in [4.69, 9.17) is 10.5 Å². The maximum absolute atomic E-state index is 11.4. The van der Waals surface area contributed by atoms with E-state index in [9.17, 15) is 4.79 Å². The topological polar surface area (TPSA) is 55.6 Å². The van der Waals surface area contributed by atoms with E-state index in [1.165, 1.54) is 12.7 Å². The zero-order valence-corrected chi connectivity index (χ0v) is 9.85. The minimum absolute atomic E-state index is 0.321. The lowest BCUT2D eigenvalue weighted by Gasteiger charge is -2.15. The Morgan fingerprint density at radius 1 is 1.35 bits per heavy atom. The van der Waals surface area contributed by atoms with Crippen molar-refractivity contribution in [2.24, 2.45) is 5.73 Å². The Labute approximate surface area is 101 Å². The molecule has 4 heteroatoms. The number of rotatable bonds is 3. The molecule has 4 nitrogen and oxygen atoms in total. The van der Waals surface area contributed by atoms with Crippen molar-refractivity contribution in [2.75, 3.05) is 20.2 Å². The zero-order chi connectivity index (χ0) is 12.3. The molecule has 0 fully saturated rings. The number of hydrogen-bond acceptors (Lipinski definition) is 4. The van der Waals surface area contributed by atoms with E-state index in [-0.39, 0.29) is 5.97 Å². The number of methoxy groups -OCH3 is 1. The molecule has 0 atom stereocenters. The largest absolute Gasteiger partial charge is 0.466 e. The first-order valence-electron chi connectivity index (χ1n) is 5.53. The molecule has 0 aliphatic carbocycles. The Bertz CT molecular complexity index is 440. The average Bonchev–Trinajstić information content (AvgIpc) is 2.70. The fraction of sp³-hybridized carbons (Fsp3) is 0.308. The number of carbonyl (C=O) groups excluding carboxylic acids is 1. The van der Waals surface area contributed by atoms with E-state index in [2.05, 4.69) is 17.0 Å². The molecular formula is C13H16N2O2. The molecule has 1 aliphatic heterocycles. The van der Waals surface area contributed by atoms with Crippen LogP contribution >= 0.6 is 0 Å². The summed E-state index contributed by atoms with van der Waals surface area (Å²) in [6, 6.07) is 10.1. The Balaban J connectivity index is 1.99. The molecule has 2 N–H and O–H groups in total. The van der Waals surface area contributed by atoms with E-state index in [1.54, 1.807) is 0 Å². The van der Waals surface area contributed by atoms with Crippen LogP contribution in [0.15, 0.2) is 41.6 Å². The summed E-state index contributed by atoms with van der Waals surface area (Å²) in [7, 11) is 1.38. The molecule has 0 aromatic heterocycles. The van der Waals surface area contributed by atoms with Crippen LogP contribution in [0.2, 0.25) is 0 Å². The van der Waals surface area contributed by atoms with Gasteiger partial charge in [0.25, 0.3) is 0 Å². The lowest BCUT2D eigenvalue weighted by molar-refractivity contribution is -0.136. The van der Waals surface area contributed by atoms with Crippen molar-refractivity contribution in [3.8, 4) is 0 Å². The number of ether oxygens (including phenoxy) is 1. The summed E-state index contributed by atoms with van der Waals surface area (Å²) in [6.45, 7) is 1.98. The van der Waals surface area contributed by atoms with Crippen LogP contribution in [0, 0.1) is 0 Å². The second-order valence-corrected chi connectivity index (χ2v) is 4.13. The van der Waals surface area contributed by atoms with Gasteiger partial charge in [0.2, 0.25) is 0 Å². The van der Waals surface area contributed by atoms with Crippen LogP contribution in [-0.4, -0.2) is 31.1 Å². The van der Waals surface area contributed by atoms with Gasteiger partial charge in [-0.2, -0.15) is 0 Å². The monoisotopic (exact) mass is 232 g/mol. The quantitative estimate of drug-likeness (QED) is 0.786. The van der Waals surface area contributed by atoms with Crippen LogP contribution in [0.25, 0.3) is 0 Å². The highest BCUT2D eigenvalue weighted by Gasteiger charge is 2.25. The summed E-state index contributed by atoms with van der Waals surface area (Å²) in [5, 5.41) is 0. The van der Waals surface area contributed by atoms with E-state index in [0.717, 1.165) is 6.54 Å². The first-order valence-corrected chi connectivity index (χ1v) is 5.53. The van der Waals surface area contributed by atoms with E-state index < -0.39 is 0 Å². The van der Waals surface area contributed by atoms with Crippen molar-refractivity contribution >= 4 is 5.97 Å². The first-order chi connectivity index (χ1) is 8.20. The van der Waals surface area contributed by atoms with Gasteiger partial charge in [0, 0.05) is 25.3 Å². The fourth-order valence-corrected chi connectivity index (χ4v) is 1.99. The van der Waals surface area contributed by atoms with Gasteiger partial charge in [-0.05, 0) is 5.56 Å². The van der Waals surface area contributed by atoms with Crippen LogP contribution in [0.3, 0.4) is 0 Å². The van der Waals surface area contributed by atoms with Crippen molar-refractivity contribution in [1.29, 1.82) is 0 Å². The van der Waals surface area contributed by atoms with Crippen LogP contribution in [0.1, 0.15) is 5.56 Å². The maximum Gasteiger partial charge on any atom is 0.336 e. The van der Waals surface area contributed by atoms with E-state index in [1.807, 2.05) is 18.2 Å². The number of esters is 1. The third kappa shape index (κ3) is 2.65. The van der Waals surface area contributed by atoms with Gasteiger partial charge in [0.1, 0.15) is 0 Å². The predicted molar refractivity (Wildman–Crippen MR) is 64.9 cm³/mol. The summed E-state index contributed by atoms with van der Waals surface area (Å²) in [4.78, 5) is 13.6.